The van der Waals surface area contributed by atoms with Gasteiger partial charge in [0, 0.05) is 26.2 Å². The topological polar surface area (TPSA) is 62.9 Å². The number of nitrogens with two attached hydrogens (primary N) is 1. The van der Waals surface area contributed by atoms with Crippen molar-refractivity contribution < 1.29 is 18.9 Å². The third-order valence-electron chi connectivity index (χ3n) is 2.33. The van der Waals surface area contributed by atoms with Gasteiger partial charge < -0.3 is 24.7 Å². The minimum Gasteiger partial charge on any atom is -0.495 e. The Hall–Kier alpha value is -1.46. The standard InChI is InChI=1S/C13H21NO4/c1-15-8-9-17-6-3-7-18-11-4-5-13(16-2)12(14)10-11/h4-5,10H,3,6-9,14H2,1-2H3. The zero-order chi connectivity index (χ0) is 13.2. The Morgan fingerprint density at radius 2 is 1.89 bits per heavy atom. The van der Waals surface area contributed by atoms with Crippen molar-refractivity contribution in [2.45, 2.75) is 6.42 Å². The maximum atomic E-state index is 5.77. The fourth-order valence-corrected chi connectivity index (χ4v) is 1.40. The third kappa shape index (κ3) is 5.25. The molecule has 1 aromatic rings. The molecule has 2 N–H and O–H groups in total. The fraction of sp³-hybridized carbons (Fsp3) is 0.538. The molecule has 0 saturated heterocycles. The summed E-state index contributed by atoms with van der Waals surface area (Å²) in [4.78, 5) is 0. The van der Waals surface area contributed by atoms with Crippen molar-refractivity contribution in [3.8, 4) is 11.5 Å². The van der Waals surface area contributed by atoms with E-state index in [2.05, 4.69) is 0 Å². The highest BCUT2D eigenvalue weighted by atomic mass is 16.5. The molecule has 1 aromatic carbocycles. The molecule has 0 spiro atoms. The second-order valence-corrected chi connectivity index (χ2v) is 3.71. The average molecular weight is 255 g/mol. The lowest BCUT2D eigenvalue weighted by Gasteiger charge is -2.09. The molecule has 0 aliphatic rings. The smallest absolute Gasteiger partial charge is 0.142 e. The number of benzene rings is 1. The first-order chi connectivity index (χ1) is 8.77. The first-order valence-corrected chi connectivity index (χ1v) is 5.91. The first-order valence-electron chi connectivity index (χ1n) is 5.91. The van der Waals surface area contributed by atoms with Crippen molar-refractivity contribution >= 4 is 5.69 Å². The largest absolute Gasteiger partial charge is 0.495 e. The lowest BCUT2D eigenvalue weighted by molar-refractivity contribution is 0.0644. The van der Waals surface area contributed by atoms with E-state index in [4.69, 9.17) is 24.7 Å². The number of methoxy groups -OCH3 is 2. The third-order valence-corrected chi connectivity index (χ3v) is 2.33. The summed E-state index contributed by atoms with van der Waals surface area (Å²) in [6, 6.07) is 5.38. The minimum atomic E-state index is 0.575. The molecule has 5 nitrogen and oxygen atoms in total. The lowest BCUT2D eigenvalue weighted by atomic mass is 10.3. The second-order valence-electron chi connectivity index (χ2n) is 3.71. The van der Waals surface area contributed by atoms with Crippen LogP contribution < -0.4 is 15.2 Å². The van der Waals surface area contributed by atoms with E-state index in [9.17, 15) is 0 Å². The van der Waals surface area contributed by atoms with E-state index in [0.29, 0.717) is 37.9 Å². The fourth-order valence-electron chi connectivity index (χ4n) is 1.40. The molecule has 102 valence electrons. The number of hydrogen-bond acceptors (Lipinski definition) is 5. The Morgan fingerprint density at radius 3 is 2.56 bits per heavy atom. The molecule has 0 unspecified atom stereocenters. The predicted octanol–water partition coefficient (Wildman–Crippen LogP) is 1.71. The molecular formula is C13H21NO4. The van der Waals surface area contributed by atoms with Gasteiger partial charge in [-0.3, -0.25) is 0 Å². The summed E-state index contributed by atoms with van der Waals surface area (Å²) in [5.41, 5.74) is 6.35. The number of ether oxygens (including phenoxy) is 4. The van der Waals surface area contributed by atoms with Gasteiger partial charge in [0.15, 0.2) is 0 Å². The number of hydrogen-bond donors (Lipinski definition) is 1. The number of rotatable bonds is 9. The van der Waals surface area contributed by atoms with E-state index in [-0.39, 0.29) is 0 Å². The van der Waals surface area contributed by atoms with Crippen LogP contribution >= 0.6 is 0 Å². The van der Waals surface area contributed by atoms with Gasteiger partial charge in [0.2, 0.25) is 0 Å². The number of anilines is 1. The number of nitrogen functional groups attached to an aromatic ring is 1. The Bertz CT molecular complexity index is 344. The average Bonchev–Trinajstić information content (AvgIpc) is 2.38. The molecule has 0 aliphatic carbocycles. The highest BCUT2D eigenvalue weighted by Crippen LogP contribution is 2.25. The van der Waals surface area contributed by atoms with Gasteiger partial charge in [-0.25, -0.2) is 0 Å². The van der Waals surface area contributed by atoms with Crippen LogP contribution in [0.3, 0.4) is 0 Å². The van der Waals surface area contributed by atoms with Crippen LogP contribution in [0.1, 0.15) is 6.42 Å². The molecule has 0 amide bonds. The summed E-state index contributed by atoms with van der Waals surface area (Å²) in [5, 5.41) is 0. The lowest BCUT2D eigenvalue weighted by Crippen LogP contribution is -2.07. The summed E-state index contributed by atoms with van der Waals surface area (Å²) in [6.45, 7) is 2.50. The van der Waals surface area contributed by atoms with Gasteiger partial charge >= 0.3 is 0 Å². The molecule has 18 heavy (non-hydrogen) atoms. The summed E-state index contributed by atoms with van der Waals surface area (Å²) in [7, 11) is 3.24. The van der Waals surface area contributed by atoms with Crippen molar-refractivity contribution in [1.82, 2.24) is 0 Å². The van der Waals surface area contributed by atoms with E-state index in [1.165, 1.54) is 0 Å². The summed E-state index contributed by atoms with van der Waals surface area (Å²) < 4.78 is 20.8. The maximum absolute atomic E-state index is 5.77. The van der Waals surface area contributed by atoms with E-state index < -0.39 is 0 Å². The van der Waals surface area contributed by atoms with Crippen LogP contribution in [0, 0.1) is 0 Å². The van der Waals surface area contributed by atoms with Crippen LogP contribution in [-0.4, -0.2) is 40.6 Å². The van der Waals surface area contributed by atoms with E-state index in [1.807, 2.05) is 6.07 Å². The van der Waals surface area contributed by atoms with Crippen molar-refractivity contribution in [1.29, 1.82) is 0 Å². The van der Waals surface area contributed by atoms with Crippen molar-refractivity contribution in [2.75, 3.05) is 46.4 Å². The van der Waals surface area contributed by atoms with Gasteiger partial charge in [0.25, 0.3) is 0 Å². The summed E-state index contributed by atoms with van der Waals surface area (Å²) in [6.07, 6.45) is 0.829. The quantitative estimate of drug-likeness (QED) is 0.537. The van der Waals surface area contributed by atoms with Crippen LogP contribution in [0.25, 0.3) is 0 Å². The zero-order valence-corrected chi connectivity index (χ0v) is 11.0. The van der Waals surface area contributed by atoms with Crippen LogP contribution in [-0.2, 0) is 9.47 Å². The van der Waals surface area contributed by atoms with Gasteiger partial charge in [-0.1, -0.05) is 0 Å². The van der Waals surface area contributed by atoms with Gasteiger partial charge in [0.1, 0.15) is 11.5 Å². The van der Waals surface area contributed by atoms with E-state index in [1.54, 1.807) is 26.4 Å². The molecule has 0 radical (unpaired) electrons. The Morgan fingerprint density at radius 1 is 1.06 bits per heavy atom. The first kappa shape index (κ1) is 14.6. The Kier molecular flexibility index (Phi) is 6.98. The summed E-state index contributed by atoms with van der Waals surface area (Å²) in [5.74, 6) is 1.40. The SMILES string of the molecule is COCCOCCCOc1ccc(OC)c(N)c1. The molecule has 0 saturated carbocycles. The molecule has 1 rings (SSSR count). The van der Waals surface area contributed by atoms with Crippen molar-refractivity contribution in [3.05, 3.63) is 18.2 Å². The minimum absolute atomic E-state index is 0.575. The Labute approximate surface area is 108 Å². The van der Waals surface area contributed by atoms with Crippen LogP contribution in [0.5, 0.6) is 11.5 Å². The summed E-state index contributed by atoms with van der Waals surface area (Å²) >= 11 is 0. The van der Waals surface area contributed by atoms with Crippen LogP contribution in [0.15, 0.2) is 18.2 Å². The van der Waals surface area contributed by atoms with Crippen molar-refractivity contribution in [3.63, 3.8) is 0 Å². The molecule has 0 heterocycles. The van der Waals surface area contributed by atoms with Gasteiger partial charge in [-0.05, 0) is 12.1 Å². The molecule has 0 fully saturated rings. The maximum Gasteiger partial charge on any atom is 0.142 e. The van der Waals surface area contributed by atoms with Gasteiger partial charge in [0.05, 0.1) is 32.6 Å². The van der Waals surface area contributed by atoms with Crippen LogP contribution in [0.2, 0.25) is 0 Å². The van der Waals surface area contributed by atoms with Crippen LogP contribution in [0.4, 0.5) is 5.69 Å². The normalized spacial score (nSPS) is 10.3. The van der Waals surface area contributed by atoms with E-state index >= 15 is 0 Å². The van der Waals surface area contributed by atoms with Gasteiger partial charge in [-0.2, -0.15) is 0 Å². The van der Waals surface area contributed by atoms with Gasteiger partial charge in [-0.15, -0.1) is 0 Å². The molecule has 0 bridgehead atoms. The molecule has 0 aliphatic heterocycles. The molecule has 0 aromatic heterocycles. The zero-order valence-electron chi connectivity index (χ0n) is 11.0. The molecular weight excluding hydrogens is 234 g/mol. The second kappa shape index (κ2) is 8.60. The molecule has 5 heteroatoms. The molecule has 0 atom stereocenters. The predicted molar refractivity (Wildman–Crippen MR) is 70.2 cm³/mol. The monoisotopic (exact) mass is 255 g/mol. The highest BCUT2D eigenvalue weighted by Gasteiger charge is 2.01. The van der Waals surface area contributed by atoms with Crippen molar-refractivity contribution in [2.24, 2.45) is 0 Å². The highest BCUT2D eigenvalue weighted by molar-refractivity contribution is 5.56. The van der Waals surface area contributed by atoms with E-state index in [0.717, 1.165) is 12.2 Å². The Balaban J connectivity index is 2.17.